The molecule has 6 heteroatoms. The summed E-state index contributed by atoms with van der Waals surface area (Å²) in [4.78, 5) is 28.3. The smallest absolute Gasteiger partial charge is 0.251 e. The third-order valence-corrected chi connectivity index (χ3v) is 3.58. The molecule has 0 saturated heterocycles. The Bertz CT molecular complexity index is 858. The molecule has 2 amide bonds. The highest BCUT2D eigenvalue weighted by atomic mass is 16.2. The van der Waals surface area contributed by atoms with E-state index in [0.717, 1.165) is 5.65 Å². The summed E-state index contributed by atoms with van der Waals surface area (Å²) in [5.41, 5.74) is 2.08. The van der Waals surface area contributed by atoms with Gasteiger partial charge in [-0.1, -0.05) is 18.2 Å². The van der Waals surface area contributed by atoms with E-state index < -0.39 is 0 Å². The summed E-state index contributed by atoms with van der Waals surface area (Å²) >= 11 is 0. The lowest BCUT2D eigenvalue weighted by Crippen LogP contribution is -2.35. The minimum atomic E-state index is -0.269. The third-order valence-electron chi connectivity index (χ3n) is 3.58. The van der Waals surface area contributed by atoms with Gasteiger partial charge in [0.15, 0.2) is 0 Å². The molecule has 0 bridgehead atoms. The molecule has 2 heterocycles. The Balaban J connectivity index is 1.55. The molecule has 2 aromatic heterocycles. The average Bonchev–Trinajstić information content (AvgIpc) is 3.03. The summed E-state index contributed by atoms with van der Waals surface area (Å²) < 4.78 is 1.83. The Morgan fingerprint density at radius 3 is 2.75 bits per heavy atom. The van der Waals surface area contributed by atoms with Crippen LogP contribution in [0.3, 0.4) is 0 Å². The number of nitrogens with one attached hydrogen (secondary N) is 2. The van der Waals surface area contributed by atoms with E-state index in [4.69, 9.17) is 0 Å². The number of hydrogen-bond donors (Lipinski definition) is 2. The van der Waals surface area contributed by atoms with E-state index in [-0.39, 0.29) is 24.3 Å². The van der Waals surface area contributed by atoms with Crippen LogP contribution >= 0.6 is 0 Å². The molecule has 3 rings (SSSR count). The van der Waals surface area contributed by atoms with Crippen molar-refractivity contribution in [2.45, 2.75) is 19.4 Å². The topological polar surface area (TPSA) is 75.5 Å². The van der Waals surface area contributed by atoms with Crippen molar-refractivity contribution in [2.75, 3.05) is 5.32 Å². The first-order valence-electron chi connectivity index (χ1n) is 7.70. The van der Waals surface area contributed by atoms with Crippen LogP contribution in [0.25, 0.3) is 5.65 Å². The maximum Gasteiger partial charge on any atom is 0.251 e. The van der Waals surface area contributed by atoms with Crippen LogP contribution in [0.1, 0.15) is 23.7 Å². The first kappa shape index (κ1) is 15.7. The summed E-state index contributed by atoms with van der Waals surface area (Å²) in [6, 6.07) is 12.3. The number of anilines is 1. The van der Waals surface area contributed by atoms with Gasteiger partial charge in [0.2, 0.25) is 5.91 Å². The van der Waals surface area contributed by atoms with Crippen molar-refractivity contribution in [2.24, 2.45) is 0 Å². The Labute approximate surface area is 139 Å². The molecule has 3 aromatic rings. The Morgan fingerprint density at radius 2 is 1.96 bits per heavy atom. The Morgan fingerprint density at radius 1 is 1.17 bits per heavy atom. The second-order valence-corrected chi connectivity index (χ2v) is 5.60. The molecule has 0 aliphatic heterocycles. The van der Waals surface area contributed by atoms with Crippen LogP contribution in [0.2, 0.25) is 0 Å². The first-order chi connectivity index (χ1) is 11.6. The number of aromatic nitrogens is 2. The Kier molecular flexibility index (Phi) is 4.56. The Hall–Kier alpha value is -3.15. The predicted octanol–water partition coefficient (Wildman–Crippen LogP) is 2.48. The van der Waals surface area contributed by atoms with Gasteiger partial charge in [-0.15, -0.1) is 0 Å². The number of imidazole rings is 1. The maximum absolute atomic E-state index is 12.1. The van der Waals surface area contributed by atoms with Crippen LogP contribution in [-0.4, -0.2) is 27.2 Å². The van der Waals surface area contributed by atoms with Gasteiger partial charge in [-0.05, 0) is 31.2 Å². The third kappa shape index (κ3) is 3.78. The second kappa shape index (κ2) is 6.95. The maximum atomic E-state index is 12.1. The van der Waals surface area contributed by atoms with Gasteiger partial charge >= 0.3 is 0 Å². The second-order valence-electron chi connectivity index (χ2n) is 5.60. The number of carbonyl (C=O) groups is 2. The van der Waals surface area contributed by atoms with Crippen molar-refractivity contribution in [1.29, 1.82) is 0 Å². The quantitative estimate of drug-likeness (QED) is 0.758. The number of pyridine rings is 1. The van der Waals surface area contributed by atoms with E-state index in [1.165, 1.54) is 0 Å². The lowest BCUT2D eigenvalue weighted by atomic mass is 10.1. The van der Waals surface area contributed by atoms with Gasteiger partial charge < -0.3 is 15.0 Å². The van der Waals surface area contributed by atoms with Gasteiger partial charge in [-0.2, -0.15) is 0 Å². The summed E-state index contributed by atoms with van der Waals surface area (Å²) in [5.74, 6) is -0.342. The zero-order valence-corrected chi connectivity index (χ0v) is 13.3. The van der Waals surface area contributed by atoms with E-state index >= 15 is 0 Å². The van der Waals surface area contributed by atoms with Gasteiger partial charge in [0, 0.05) is 36.6 Å². The number of benzene rings is 1. The molecule has 0 radical (unpaired) electrons. The molecular weight excluding hydrogens is 304 g/mol. The fourth-order valence-corrected chi connectivity index (χ4v) is 2.43. The van der Waals surface area contributed by atoms with E-state index in [1.807, 2.05) is 22.7 Å². The molecule has 0 fully saturated rings. The molecule has 1 aromatic carbocycles. The minimum Gasteiger partial charge on any atom is -0.349 e. The van der Waals surface area contributed by atoms with Crippen molar-refractivity contribution >= 4 is 23.1 Å². The molecule has 0 aliphatic rings. The molecule has 6 nitrogen and oxygen atoms in total. The van der Waals surface area contributed by atoms with Gasteiger partial charge in [-0.3, -0.25) is 9.59 Å². The van der Waals surface area contributed by atoms with Crippen LogP contribution < -0.4 is 10.6 Å². The monoisotopic (exact) mass is 322 g/mol. The fraction of sp³-hybridized carbons (Fsp3) is 0.167. The molecule has 0 unspecified atom stereocenters. The highest BCUT2D eigenvalue weighted by molar-refractivity contribution is 5.95. The molecule has 0 saturated carbocycles. The van der Waals surface area contributed by atoms with Gasteiger partial charge in [0.25, 0.3) is 5.91 Å². The number of amides is 2. The summed E-state index contributed by atoms with van der Waals surface area (Å²) in [5, 5.41) is 5.65. The fourth-order valence-electron chi connectivity index (χ4n) is 2.43. The number of nitrogens with zero attached hydrogens (tertiary/aromatic N) is 2. The van der Waals surface area contributed by atoms with Crippen molar-refractivity contribution in [3.05, 3.63) is 66.6 Å². The van der Waals surface area contributed by atoms with Crippen LogP contribution in [0, 0.1) is 0 Å². The van der Waals surface area contributed by atoms with E-state index in [0.29, 0.717) is 11.3 Å². The number of carbonyl (C=O) groups excluding carboxylic acids is 2. The lowest BCUT2D eigenvalue weighted by Gasteiger charge is -2.14. The van der Waals surface area contributed by atoms with Crippen LogP contribution in [-0.2, 0) is 4.79 Å². The molecule has 0 spiro atoms. The van der Waals surface area contributed by atoms with Crippen LogP contribution in [0.15, 0.2) is 61.1 Å². The zero-order chi connectivity index (χ0) is 16.9. The van der Waals surface area contributed by atoms with Crippen molar-refractivity contribution in [3.8, 4) is 0 Å². The number of hydrogen-bond acceptors (Lipinski definition) is 3. The SMILES string of the molecule is C[C@@H](CC(=O)Nc1ccc2nccn2c1)NC(=O)c1ccccc1. The van der Waals surface area contributed by atoms with Crippen molar-refractivity contribution < 1.29 is 9.59 Å². The van der Waals surface area contributed by atoms with Gasteiger partial charge in [0.05, 0.1) is 5.69 Å². The minimum absolute atomic E-state index is 0.157. The molecule has 1 atom stereocenters. The van der Waals surface area contributed by atoms with Gasteiger partial charge in [-0.25, -0.2) is 4.98 Å². The number of rotatable bonds is 5. The molecule has 24 heavy (non-hydrogen) atoms. The van der Waals surface area contributed by atoms with Gasteiger partial charge in [0.1, 0.15) is 5.65 Å². The summed E-state index contributed by atoms with van der Waals surface area (Å²) in [6.45, 7) is 1.81. The molecular formula is C18H18N4O2. The average molecular weight is 322 g/mol. The zero-order valence-electron chi connectivity index (χ0n) is 13.3. The largest absolute Gasteiger partial charge is 0.349 e. The molecule has 0 aliphatic carbocycles. The van der Waals surface area contributed by atoms with E-state index in [1.54, 1.807) is 49.6 Å². The van der Waals surface area contributed by atoms with Crippen molar-refractivity contribution in [3.63, 3.8) is 0 Å². The highest BCUT2D eigenvalue weighted by Crippen LogP contribution is 2.10. The normalized spacial score (nSPS) is 11.9. The van der Waals surface area contributed by atoms with E-state index in [2.05, 4.69) is 15.6 Å². The van der Waals surface area contributed by atoms with Crippen LogP contribution in [0.5, 0.6) is 0 Å². The van der Waals surface area contributed by atoms with E-state index in [9.17, 15) is 9.59 Å². The highest BCUT2D eigenvalue weighted by Gasteiger charge is 2.13. The molecule has 2 N–H and O–H groups in total. The first-order valence-corrected chi connectivity index (χ1v) is 7.70. The van der Waals surface area contributed by atoms with Crippen LogP contribution in [0.4, 0.5) is 5.69 Å². The van der Waals surface area contributed by atoms with Crippen molar-refractivity contribution in [1.82, 2.24) is 14.7 Å². The standard InChI is InChI=1S/C18H18N4O2/c1-13(20-18(24)14-5-3-2-4-6-14)11-17(23)21-15-7-8-16-19-9-10-22(16)12-15/h2-10,12-13H,11H2,1H3,(H,20,24)(H,21,23)/t13-/m0/s1. The predicted molar refractivity (Wildman–Crippen MR) is 91.8 cm³/mol. The summed E-state index contributed by atoms with van der Waals surface area (Å²) in [7, 11) is 0. The number of fused-ring (bicyclic) bond motifs is 1. The molecule has 122 valence electrons. The summed E-state index contributed by atoms with van der Waals surface area (Å²) in [6.07, 6.45) is 5.50. The lowest BCUT2D eigenvalue weighted by molar-refractivity contribution is -0.116.